The molecule has 92 valence electrons. The van der Waals surface area contributed by atoms with Gasteiger partial charge >= 0.3 is 0 Å². The van der Waals surface area contributed by atoms with Crippen molar-refractivity contribution in [2.24, 2.45) is 0 Å². The van der Waals surface area contributed by atoms with E-state index in [-0.39, 0.29) is 0 Å². The zero-order valence-corrected chi connectivity index (χ0v) is 10.3. The van der Waals surface area contributed by atoms with Gasteiger partial charge in [0.2, 0.25) is 0 Å². The fourth-order valence-corrected chi connectivity index (χ4v) is 3.40. The van der Waals surface area contributed by atoms with E-state index >= 15 is 0 Å². The van der Waals surface area contributed by atoms with Gasteiger partial charge in [0.15, 0.2) is 0 Å². The van der Waals surface area contributed by atoms with Crippen molar-refractivity contribution in [3.8, 4) is 5.75 Å². The highest BCUT2D eigenvalue weighted by atomic mass is 16.3. The van der Waals surface area contributed by atoms with Crippen LogP contribution in [0.4, 0.5) is 0 Å². The fourth-order valence-electron chi connectivity index (χ4n) is 3.40. The molecule has 1 aliphatic carbocycles. The van der Waals surface area contributed by atoms with E-state index in [1.54, 1.807) is 0 Å². The van der Waals surface area contributed by atoms with Crippen LogP contribution in [0, 0.1) is 0 Å². The number of hydrogen-bond donors (Lipinski definition) is 2. The molecule has 0 bridgehead atoms. The Labute approximate surface area is 103 Å². The van der Waals surface area contributed by atoms with Gasteiger partial charge in [-0.15, -0.1) is 0 Å². The lowest BCUT2D eigenvalue weighted by Crippen LogP contribution is -2.29. The molecule has 0 aromatic heterocycles. The summed E-state index contributed by atoms with van der Waals surface area (Å²) in [6, 6.07) is 4.04. The van der Waals surface area contributed by atoms with Crippen LogP contribution < -0.4 is 5.32 Å². The van der Waals surface area contributed by atoms with Gasteiger partial charge in [-0.05, 0) is 62.3 Å². The van der Waals surface area contributed by atoms with Gasteiger partial charge in [-0.3, -0.25) is 0 Å². The van der Waals surface area contributed by atoms with Gasteiger partial charge in [0.1, 0.15) is 5.75 Å². The quantitative estimate of drug-likeness (QED) is 0.779. The van der Waals surface area contributed by atoms with Crippen LogP contribution in [0.3, 0.4) is 0 Å². The minimum Gasteiger partial charge on any atom is -0.508 e. The van der Waals surface area contributed by atoms with Gasteiger partial charge in [-0.1, -0.05) is 6.07 Å². The summed E-state index contributed by atoms with van der Waals surface area (Å²) in [5, 5.41) is 13.6. The first kappa shape index (κ1) is 11.1. The molecule has 1 heterocycles. The van der Waals surface area contributed by atoms with Crippen molar-refractivity contribution in [3.05, 3.63) is 28.8 Å². The van der Waals surface area contributed by atoms with Gasteiger partial charge in [0.05, 0.1) is 0 Å². The average molecular weight is 231 g/mol. The van der Waals surface area contributed by atoms with Crippen molar-refractivity contribution in [3.63, 3.8) is 0 Å². The third-order valence-electron chi connectivity index (χ3n) is 4.26. The maximum Gasteiger partial charge on any atom is 0.119 e. The number of benzene rings is 1. The molecule has 1 aromatic rings. The summed E-state index contributed by atoms with van der Waals surface area (Å²) in [5.74, 6) is 1.05. The summed E-state index contributed by atoms with van der Waals surface area (Å²) >= 11 is 0. The van der Waals surface area contributed by atoms with Crippen LogP contribution in [0.15, 0.2) is 12.1 Å². The summed E-state index contributed by atoms with van der Waals surface area (Å²) < 4.78 is 0. The zero-order valence-electron chi connectivity index (χ0n) is 10.3. The molecule has 1 fully saturated rings. The van der Waals surface area contributed by atoms with Gasteiger partial charge in [0, 0.05) is 18.0 Å². The summed E-state index contributed by atoms with van der Waals surface area (Å²) in [7, 11) is 0. The first-order chi connectivity index (χ1) is 8.36. The van der Waals surface area contributed by atoms with Crippen molar-refractivity contribution in [1.82, 2.24) is 5.32 Å². The molecule has 0 amide bonds. The third-order valence-corrected chi connectivity index (χ3v) is 4.26. The summed E-state index contributed by atoms with van der Waals surface area (Å²) in [6.07, 6.45) is 7.40. The minimum absolute atomic E-state index is 0.525. The molecule has 2 heteroatoms. The van der Waals surface area contributed by atoms with E-state index < -0.39 is 0 Å². The maximum atomic E-state index is 10.2. The number of aryl methyl sites for hydroxylation is 1. The third kappa shape index (κ3) is 2.06. The molecule has 2 N–H and O–H groups in total. The van der Waals surface area contributed by atoms with Crippen molar-refractivity contribution in [2.45, 2.75) is 44.4 Å². The van der Waals surface area contributed by atoms with E-state index in [9.17, 15) is 5.11 Å². The smallest absolute Gasteiger partial charge is 0.119 e. The van der Waals surface area contributed by atoms with E-state index in [1.807, 2.05) is 6.07 Å². The second-order valence-corrected chi connectivity index (χ2v) is 5.39. The largest absolute Gasteiger partial charge is 0.508 e. The van der Waals surface area contributed by atoms with Crippen molar-refractivity contribution < 1.29 is 5.11 Å². The van der Waals surface area contributed by atoms with Crippen LogP contribution in [0.1, 0.15) is 48.3 Å². The van der Waals surface area contributed by atoms with Gasteiger partial charge in [0.25, 0.3) is 0 Å². The topological polar surface area (TPSA) is 32.3 Å². The lowest BCUT2D eigenvalue weighted by molar-refractivity contribution is 0.421. The Kier molecular flexibility index (Phi) is 3.06. The normalized spacial score (nSPS) is 24.4. The van der Waals surface area contributed by atoms with Gasteiger partial charge < -0.3 is 10.4 Å². The Balaban J connectivity index is 2.01. The highest BCUT2D eigenvalue weighted by Crippen LogP contribution is 2.37. The van der Waals surface area contributed by atoms with E-state index in [2.05, 4.69) is 11.4 Å². The predicted octanol–water partition coefficient (Wildman–Crippen LogP) is 2.74. The molecule has 1 unspecified atom stereocenters. The number of aromatic hydroxyl groups is 1. The molecule has 3 rings (SSSR count). The molecule has 0 spiro atoms. The lowest BCUT2D eigenvalue weighted by atomic mass is 9.81. The molecule has 17 heavy (non-hydrogen) atoms. The van der Waals surface area contributed by atoms with Crippen LogP contribution in [0.2, 0.25) is 0 Å². The van der Waals surface area contributed by atoms with E-state index in [1.165, 1.54) is 48.8 Å². The highest BCUT2D eigenvalue weighted by molar-refractivity contribution is 5.48. The second kappa shape index (κ2) is 4.69. The van der Waals surface area contributed by atoms with Gasteiger partial charge in [-0.25, -0.2) is 0 Å². The van der Waals surface area contributed by atoms with Crippen LogP contribution >= 0.6 is 0 Å². The SMILES string of the molecule is Oc1ccc2c(c1C1CCCNC1)CCCC2. The minimum atomic E-state index is 0.525. The molecule has 0 radical (unpaired) electrons. The van der Waals surface area contributed by atoms with Crippen LogP contribution in [-0.2, 0) is 12.8 Å². The van der Waals surface area contributed by atoms with Crippen molar-refractivity contribution >= 4 is 0 Å². The number of phenolic OH excluding ortho intramolecular Hbond substituents is 1. The molecule has 1 atom stereocenters. The monoisotopic (exact) mass is 231 g/mol. The van der Waals surface area contributed by atoms with Gasteiger partial charge in [-0.2, -0.15) is 0 Å². The second-order valence-electron chi connectivity index (χ2n) is 5.39. The molecule has 2 nitrogen and oxygen atoms in total. The van der Waals surface area contributed by atoms with Crippen LogP contribution in [-0.4, -0.2) is 18.2 Å². The van der Waals surface area contributed by atoms with Crippen LogP contribution in [0.25, 0.3) is 0 Å². The highest BCUT2D eigenvalue weighted by Gasteiger charge is 2.24. The Hall–Kier alpha value is -1.02. The zero-order chi connectivity index (χ0) is 11.7. The number of rotatable bonds is 1. The first-order valence-electron chi connectivity index (χ1n) is 6.90. The lowest BCUT2D eigenvalue weighted by Gasteiger charge is -2.29. The molecular weight excluding hydrogens is 210 g/mol. The summed E-state index contributed by atoms with van der Waals surface area (Å²) in [5.41, 5.74) is 4.20. The summed E-state index contributed by atoms with van der Waals surface area (Å²) in [4.78, 5) is 0. The molecular formula is C15H21NO. The Morgan fingerprint density at radius 2 is 2.00 bits per heavy atom. The molecule has 1 aromatic carbocycles. The molecule has 1 saturated heterocycles. The fraction of sp³-hybridized carbons (Fsp3) is 0.600. The number of piperidine rings is 1. The Bertz CT molecular complexity index is 408. The average Bonchev–Trinajstić information content (AvgIpc) is 2.39. The summed E-state index contributed by atoms with van der Waals surface area (Å²) in [6.45, 7) is 2.16. The first-order valence-corrected chi connectivity index (χ1v) is 6.90. The molecule has 1 aliphatic heterocycles. The van der Waals surface area contributed by atoms with E-state index in [4.69, 9.17) is 0 Å². The van der Waals surface area contributed by atoms with Crippen LogP contribution in [0.5, 0.6) is 5.75 Å². The number of fused-ring (bicyclic) bond motifs is 1. The Morgan fingerprint density at radius 3 is 2.82 bits per heavy atom. The van der Waals surface area contributed by atoms with Crippen molar-refractivity contribution in [1.29, 1.82) is 0 Å². The number of hydrogen-bond acceptors (Lipinski definition) is 2. The van der Waals surface area contributed by atoms with E-state index in [0.717, 1.165) is 19.5 Å². The van der Waals surface area contributed by atoms with E-state index in [0.29, 0.717) is 11.7 Å². The van der Waals surface area contributed by atoms with Crippen molar-refractivity contribution in [2.75, 3.05) is 13.1 Å². The predicted molar refractivity (Wildman–Crippen MR) is 69.6 cm³/mol. The molecule has 0 saturated carbocycles. The standard InChI is InChI=1S/C15H21NO/c17-14-8-7-11-4-1-2-6-13(11)15(14)12-5-3-9-16-10-12/h7-8,12,16-17H,1-6,9-10H2. The maximum absolute atomic E-state index is 10.2. The number of phenols is 1. The molecule has 2 aliphatic rings. The number of nitrogens with one attached hydrogen (secondary N) is 1. The Morgan fingerprint density at radius 1 is 1.12 bits per heavy atom.